The van der Waals surface area contributed by atoms with Crippen molar-refractivity contribution in [1.82, 2.24) is 4.90 Å². The Bertz CT molecular complexity index is 435. The zero-order valence-corrected chi connectivity index (χ0v) is 10.3. The summed E-state index contributed by atoms with van der Waals surface area (Å²) in [7, 11) is 0. The average molecular weight is 246 g/mol. The number of hydrogen-bond donors (Lipinski definition) is 1. The fourth-order valence-electron chi connectivity index (χ4n) is 3.09. The highest BCUT2D eigenvalue weighted by Gasteiger charge is 2.43. The molecule has 18 heavy (non-hydrogen) atoms. The summed E-state index contributed by atoms with van der Waals surface area (Å²) in [6.07, 6.45) is 2.91. The standard InChI is InChI=1S/C14H18N2O2/c15-14(17)11-7-4-8-13-16(11)12(9-18-13)10-5-2-1-3-6-10/h1-3,5-6,11-13H,4,7-9H2,(H2,15,17)/t11-,12-,13+/m0/s1. The van der Waals surface area contributed by atoms with Gasteiger partial charge in [0.2, 0.25) is 5.91 Å². The molecule has 1 aromatic rings. The Morgan fingerprint density at radius 1 is 1.28 bits per heavy atom. The molecule has 3 rings (SSSR count). The molecule has 2 heterocycles. The van der Waals surface area contributed by atoms with E-state index in [1.54, 1.807) is 0 Å². The number of carbonyl (C=O) groups excluding carboxylic acids is 1. The van der Waals surface area contributed by atoms with Gasteiger partial charge in [-0.1, -0.05) is 30.3 Å². The first-order valence-corrected chi connectivity index (χ1v) is 6.50. The van der Waals surface area contributed by atoms with Gasteiger partial charge in [-0.05, 0) is 24.8 Å². The lowest BCUT2D eigenvalue weighted by molar-refractivity contribution is -0.129. The average Bonchev–Trinajstić information content (AvgIpc) is 2.83. The van der Waals surface area contributed by atoms with Gasteiger partial charge in [-0.25, -0.2) is 0 Å². The van der Waals surface area contributed by atoms with Crippen LogP contribution in [0, 0.1) is 0 Å². The minimum atomic E-state index is -0.230. The number of piperidine rings is 1. The van der Waals surface area contributed by atoms with Crippen molar-refractivity contribution in [2.24, 2.45) is 5.73 Å². The van der Waals surface area contributed by atoms with Crippen molar-refractivity contribution >= 4 is 5.91 Å². The summed E-state index contributed by atoms with van der Waals surface area (Å²) in [6, 6.07) is 10.2. The van der Waals surface area contributed by atoms with Crippen LogP contribution in [-0.4, -0.2) is 29.7 Å². The van der Waals surface area contributed by atoms with Gasteiger partial charge >= 0.3 is 0 Å². The molecule has 0 spiro atoms. The van der Waals surface area contributed by atoms with E-state index in [9.17, 15) is 4.79 Å². The molecule has 0 bridgehead atoms. The molecule has 0 unspecified atom stereocenters. The molecule has 0 aliphatic carbocycles. The third-order valence-corrected chi connectivity index (χ3v) is 3.94. The monoisotopic (exact) mass is 246 g/mol. The molecule has 2 fully saturated rings. The van der Waals surface area contributed by atoms with Gasteiger partial charge in [-0.3, -0.25) is 9.69 Å². The Hall–Kier alpha value is -1.39. The lowest BCUT2D eigenvalue weighted by Gasteiger charge is -2.37. The highest BCUT2D eigenvalue weighted by molar-refractivity contribution is 5.80. The van der Waals surface area contributed by atoms with E-state index in [-0.39, 0.29) is 24.2 Å². The van der Waals surface area contributed by atoms with E-state index < -0.39 is 0 Å². The van der Waals surface area contributed by atoms with Gasteiger partial charge in [-0.15, -0.1) is 0 Å². The van der Waals surface area contributed by atoms with E-state index >= 15 is 0 Å². The molecule has 2 aliphatic rings. The minimum Gasteiger partial charge on any atom is -0.368 e. The maximum Gasteiger partial charge on any atom is 0.234 e. The number of benzene rings is 1. The van der Waals surface area contributed by atoms with Crippen LogP contribution < -0.4 is 5.73 Å². The summed E-state index contributed by atoms with van der Waals surface area (Å²) in [5.74, 6) is -0.230. The maximum atomic E-state index is 11.6. The summed E-state index contributed by atoms with van der Waals surface area (Å²) < 4.78 is 5.82. The molecule has 0 radical (unpaired) electrons. The van der Waals surface area contributed by atoms with Crippen LogP contribution in [0.3, 0.4) is 0 Å². The van der Waals surface area contributed by atoms with Crippen LogP contribution >= 0.6 is 0 Å². The third-order valence-electron chi connectivity index (χ3n) is 3.94. The van der Waals surface area contributed by atoms with Gasteiger partial charge in [-0.2, -0.15) is 0 Å². The molecule has 1 aromatic carbocycles. The van der Waals surface area contributed by atoms with Gasteiger partial charge in [0.1, 0.15) is 6.23 Å². The predicted molar refractivity (Wildman–Crippen MR) is 67.6 cm³/mol. The van der Waals surface area contributed by atoms with E-state index in [4.69, 9.17) is 10.5 Å². The number of hydrogen-bond acceptors (Lipinski definition) is 3. The molecule has 3 atom stereocenters. The first-order chi connectivity index (χ1) is 8.77. The van der Waals surface area contributed by atoms with Crippen molar-refractivity contribution < 1.29 is 9.53 Å². The van der Waals surface area contributed by atoms with Gasteiger partial charge in [0.05, 0.1) is 18.7 Å². The fourth-order valence-corrected chi connectivity index (χ4v) is 3.09. The molecule has 0 saturated carbocycles. The Kier molecular flexibility index (Phi) is 3.06. The molecule has 2 aliphatic heterocycles. The number of fused-ring (bicyclic) bond motifs is 1. The molecule has 0 aromatic heterocycles. The van der Waals surface area contributed by atoms with E-state index in [0.29, 0.717) is 6.61 Å². The molecule has 2 saturated heterocycles. The van der Waals surface area contributed by atoms with Crippen molar-refractivity contribution in [3.63, 3.8) is 0 Å². The van der Waals surface area contributed by atoms with E-state index in [0.717, 1.165) is 19.3 Å². The van der Waals surface area contributed by atoms with Gasteiger partial charge in [0, 0.05) is 0 Å². The lowest BCUT2D eigenvalue weighted by atomic mass is 9.96. The predicted octanol–water partition coefficient (Wildman–Crippen LogP) is 1.42. The Labute approximate surface area is 107 Å². The summed E-state index contributed by atoms with van der Waals surface area (Å²) in [5, 5.41) is 0. The summed E-state index contributed by atoms with van der Waals surface area (Å²) in [4.78, 5) is 13.8. The number of nitrogens with two attached hydrogens (primary N) is 1. The maximum absolute atomic E-state index is 11.6. The van der Waals surface area contributed by atoms with Crippen LogP contribution in [0.15, 0.2) is 30.3 Å². The number of ether oxygens (including phenoxy) is 1. The number of nitrogens with zero attached hydrogens (tertiary/aromatic N) is 1. The summed E-state index contributed by atoms with van der Waals surface area (Å²) >= 11 is 0. The van der Waals surface area contributed by atoms with Gasteiger partial charge in [0.25, 0.3) is 0 Å². The largest absolute Gasteiger partial charge is 0.368 e. The molecular weight excluding hydrogens is 228 g/mol. The molecule has 2 N–H and O–H groups in total. The molecular formula is C14H18N2O2. The van der Waals surface area contributed by atoms with E-state index in [1.807, 2.05) is 18.2 Å². The van der Waals surface area contributed by atoms with Crippen molar-refractivity contribution in [3.05, 3.63) is 35.9 Å². The first kappa shape index (κ1) is 11.7. The second-order valence-electron chi connectivity index (χ2n) is 5.01. The van der Waals surface area contributed by atoms with Gasteiger partial charge < -0.3 is 10.5 Å². The van der Waals surface area contributed by atoms with Crippen LogP contribution in [0.25, 0.3) is 0 Å². The normalized spacial score (nSPS) is 32.1. The van der Waals surface area contributed by atoms with Crippen molar-refractivity contribution in [1.29, 1.82) is 0 Å². The molecule has 96 valence electrons. The van der Waals surface area contributed by atoms with Gasteiger partial charge in [0.15, 0.2) is 0 Å². The zero-order chi connectivity index (χ0) is 12.5. The topological polar surface area (TPSA) is 55.6 Å². The van der Waals surface area contributed by atoms with Crippen LogP contribution in [-0.2, 0) is 9.53 Å². The zero-order valence-electron chi connectivity index (χ0n) is 10.3. The third kappa shape index (κ3) is 1.91. The van der Waals surface area contributed by atoms with Crippen LogP contribution in [0.2, 0.25) is 0 Å². The van der Waals surface area contributed by atoms with E-state index in [2.05, 4.69) is 17.0 Å². The SMILES string of the molecule is NC(=O)[C@@H]1CCC[C@H]2OC[C@@H](c3ccccc3)N21. The van der Waals surface area contributed by atoms with Crippen molar-refractivity contribution in [3.8, 4) is 0 Å². The second kappa shape index (κ2) is 4.71. The summed E-state index contributed by atoms with van der Waals surface area (Å²) in [5.41, 5.74) is 6.73. The van der Waals surface area contributed by atoms with Crippen LogP contribution in [0.4, 0.5) is 0 Å². The lowest BCUT2D eigenvalue weighted by Crippen LogP contribution is -2.50. The second-order valence-corrected chi connectivity index (χ2v) is 5.01. The number of rotatable bonds is 2. The van der Waals surface area contributed by atoms with Crippen molar-refractivity contribution in [2.45, 2.75) is 37.6 Å². The number of primary amides is 1. The fraction of sp³-hybridized carbons (Fsp3) is 0.500. The quantitative estimate of drug-likeness (QED) is 0.858. The van der Waals surface area contributed by atoms with E-state index in [1.165, 1.54) is 5.56 Å². The molecule has 1 amide bonds. The van der Waals surface area contributed by atoms with Crippen LogP contribution in [0.5, 0.6) is 0 Å². The van der Waals surface area contributed by atoms with Crippen molar-refractivity contribution in [2.75, 3.05) is 6.61 Å². The smallest absolute Gasteiger partial charge is 0.234 e. The minimum absolute atomic E-state index is 0.0569. The molecule has 4 nitrogen and oxygen atoms in total. The Morgan fingerprint density at radius 2 is 2.06 bits per heavy atom. The highest BCUT2D eigenvalue weighted by Crippen LogP contribution is 2.38. The molecule has 4 heteroatoms. The Morgan fingerprint density at radius 3 is 2.78 bits per heavy atom. The van der Waals surface area contributed by atoms with Crippen LogP contribution in [0.1, 0.15) is 30.9 Å². The Balaban J connectivity index is 1.90. The summed E-state index contributed by atoms with van der Waals surface area (Å²) in [6.45, 7) is 0.651. The number of amides is 1. The first-order valence-electron chi connectivity index (χ1n) is 6.50. The highest BCUT2D eigenvalue weighted by atomic mass is 16.5. The number of carbonyl (C=O) groups is 1.